The van der Waals surface area contributed by atoms with Crippen LogP contribution in [0, 0.1) is 0 Å². The number of amides is 2. The van der Waals surface area contributed by atoms with Crippen molar-refractivity contribution in [2.24, 2.45) is 0 Å². The number of nitrogens with one attached hydrogen (secondary N) is 2. The molecule has 0 aromatic heterocycles. The number of morpholine rings is 1. The molecule has 0 unspecified atom stereocenters. The number of hydrogen-bond acceptors (Lipinski definition) is 5. The van der Waals surface area contributed by atoms with E-state index in [4.69, 9.17) is 4.74 Å². The van der Waals surface area contributed by atoms with Gasteiger partial charge in [0.25, 0.3) is 0 Å². The highest BCUT2D eigenvalue weighted by Crippen LogP contribution is 2.28. The zero-order chi connectivity index (χ0) is 18.0. The van der Waals surface area contributed by atoms with Crippen LogP contribution in [-0.2, 0) is 14.6 Å². The molecule has 7 nitrogen and oxygen atoms in total. The lowest BCUT2D eigenvalue weighted by atomic mass is 10.1. The van der Waals surface area contributed by atoms with Gasteiger partial charge in [-0.3, -0.25) is 0 Å². The summed E-state index contributed by atoms with van der Waals surface area (Å²) in [6.07, 6.45) is 0.708. The molecule has 25 heavy (non-hydrogen) atoms. The number of urea groups is 1. The summed E-state index contributed by atoms with van der Waals surface area (Å²) in [5.41, 5.74) is 1.65. The molecule has 2 fully saturated rings. The van der Waals surface area contributed by atoms with Crippen molar-refractivity contribution >= 4 is 27.2 Å². The van der Waals surface area contributed by atoms with Crippen molar-refractivity contribution in [3.8, 4) is 0 Å². The molecule has 2 heterocycles. The number of sulfone groups is 1. The van der Waals surface area contributed by atoms with Crippen LogP contribution < -0.4 is 15.5 Å². The molecule has 0 aliphatic carbocycles. The minimum absolute atomic E-state index is 0.0144. The lowest BCUT2D eigenvalue weighted by Gasteiger charge is -2.37. The van der Waals surface area contributed by atoms with Gasteiger partial charge < -0.3 is 20.3 Å². The predicted molar refractivity (Wildman–Crippen MR) is 97.9 cm³/mol. The molecule has 2 saturated heterocycles. The van der Waals surface area contributed by atoms with Crippen molar-refractivity contribution in [1.82, 2.24) is 5.32 Å². The van der Waals surface area contributed by atoms with Gasteiger partial charge in [-0.2, -0.15) is 0 Å². The van der Waals surface area contributed by atoms with Gasteiger partial charge in [0, 0.05) is 19.1 Å². The summed E-state index contributed by atoms with van der Waals surface area (Å²) in [7, 11) is -3.02. The Hall–Kier alpha value is -1.80. The predicted octanol–water partition coefficient (Wildman–Crippen LogP) is 1.61. The summed E-state index contributed by atoms with van der Waals surface area (Å²) in [4.78, 5) is 14.5. The van der Waals surface area contributed by atoms with Crippen molar-refractivity contribution in [2.75, 3.05) is 34.8 Å². The summed E-state index contributed by atoms with van der Waals surface area (Å²) in [6.45, 7) is 5.58. The Morgan fingerprint density at radius 3 is 2.52 bits per heavy atom. The third-order valence-electron chi connectivity index (χ3n) is 4.48. The number of carbonyl (C=O) groups excluding carboxylic acids is 1. The van der Waals surface area contributed by atoms with Crippen LogP contribution in [0.1, 0.15) is 20.3 Å². The molecule has 2 N–H and O–H groups in total. The van der Waals surface area contributed by atoms with Crippen LogP contribution >= 0.6 is 0 Å². The van der Waals surface area contributed by atoms with Crippen LogP contribution in [0.2, 0.25) is 0 Å². The van der Waals surface area contributed by atoms with E-state index in [0.29, 0.717) is 12.1 Å². The van der Waals surface area contributed by atoms with Crippen molar-refractivity contribution < 1.29 is 17.9 Å². The molecule has 3 atom stereocenters. The zero-order valence-electron chi connectivity index (χ0n) is 14.6. The summed E-state index contributed by atoms with van der Waals surface area (Å²) >= 11 is 0. The van der Waals surface area contributed by atoms with Crippen LogP contribution in [0.4, 0.5) is 16.2 Å². The monoisotopic (exact) mass is 367 g/mol. The number of benzene rings is 1. The Balaban J connectivity index is 1.67. The van der Waals surface area contributed by atoms with Gasteiger partial charge in [0.1, 0.15) is 0 Å². The summed E-state index contributed by atoms with van der Waals surface area (Å²) in [5.74, 6) is 0.151. The fraction of sp³-hybridized carbons (Fsp3) is 0.588. The molecule has 8 heteroatoms. The molecule has 138 valence electrons. The number of rotatable bonds is 3. The van der Waals surface area contributed by atoms with Crippen LogP contribution in [0.15, 0.2) is 24.3 Å². The van der Waals surface area contributed by atoms with Crippen molar-refractivity contribution in [1.29, 1.82) is 0 Å². The van der Waals surface area contributed by atoms with E-state index in [9.17, 15) is 13.2 Å². The summed E-state index contributed by atoms with van der Waals surface area (Å²) in [5, 5.41) is 5.62. The lowest BCUT2D eigenvalue weighted by molar-refractivity contribution is -0.00517. The molecule has 2 aliphatic rings. The largest absolute Gasteiger partial charge is 0.372 e. The zero-order valence-corrected chi connectivity index (χ0v) is 15.4. The third kappa shape index (κ3) is 4.64. The maximum atomic E-state index is 12.3. The number of anilines is 2. The van der Waals surface area contributed by atoms with E-state index in [1.165, 1.54) is 0 Å². The lowest BCUT2D eigenvalue weighted by Crippen LogP contribution is -2.46. The van der Waals surface area contributed by atoms with E-state index in [1.54, 1.807) is 0 Å². The first-order valence-corrected chi connectivity index (χ1v) is 10.4. The van der Waals surface area contributed by atoms with E-state index < -0.39 is 9.84 Å². The molecule has 1 aromatic carbocycles. The first-order chi connectivity index (χ1) is 11.8. The molecule has 1 aromatic rings. The van der Waals surface area contributed by atoms with Gasteiger partial charge in [0.05, 0.1) is 35.1 Å². The first-order valence-electron chi connectivity index (χ1n) is 8.60. The van der Waals surface area contributed by atoms with Gasteiger partial charge in [-0.15, -0.1) is 0 Å². The molecular weight excluding hydrogens is 342 g/mol. The van der Waals surface area contributed by atoms with Gasteiger partial charge in [-0.1, -0.05) is 12.1 Å². The maximum Gasteiger partial charge on any atom is 0.319 e. The number of para-hydroxylation sites is 2. The van der Waals surface area contributed by atoms with Gasteiger partial charge >= 0.3 is 6.03 Å². The minimum atomic E-state index is -3.02. The Morgan fingerprint density at radius 1 is 1.20 bits per heavy atom. The van der Waals surface area contributed by atoms with E-state index in [0.717, 1.165) is 18.8 Å². The third-order valence-corrected chi connectivity index (χ3v) is 6.25. The molecule has 0 saturated carbocycles. The number of hydrogen-bond donors (Lipinski definition) is 2. The normalized spacial score (nSPS) is 28.6. The van der Waals surface area contributed by atoms with E-state index in [2.05, 4.69) is 15.5 Å². The van der Waals surface area contributed by atoms with E-state index >= 15 is 0 Å². The number of carbonyl (C=O) groups is 1. The Kier molecular flexibility index (Phi) is 5.19. The highest BCUT2D eigenvalue weighted by Gasteiger charge is 2.29. The van der Waals surface area contributed by atoms with Crippen molar-refractivity contribution in [3.63, 3.8) is 0 Å². The maximum absolute atomic E-state index is 12.3. The summed E-state index contributed by atoms with van der Waals surface area (Å²) in [6, 6.07) is 6.94. The van der Waals surface area contributed by atoms with E-state index in [-0.39, 0.29) is 35.8 Å². The molecule has 0 radical (unpaired) electrons. The van der Waals surface area contributed by atoms with Gasteiger partial charge in [-0.05, 0) is 32.4 Å². The molecule has 3 rings (SSSR count). The highest BCUT2D eigenvalue weighted by atomic mass is 32.2. The average Bonchev–Trinajstić information content (AvgIpc) is 2.85. The Morgan fingerprint density at radius 2 is 1.88 bits per heavy atom. The van der Waals surface area contributed by atoms with Crippen LogP contribution in [-0.4, -0.2) is 57.3 Å². The smallest absolute Gasteiger partial charge is 0.319 e. The standard InChI is InChI=1S/C17H25N3O4S/c1-12-9-20(10-13(2)24-12)16-6-4-3-5-15(16)19-17(21)18-14-7-8-25(22,23)11-14/h3-6,12-14H,7-11H2,1-2H3,(H2,18,19,21)/t12-,13-,14-/m1/s1. The molecule has 2 aliphatic heterocycles. The second kappa shape index (κ2) is 7.21. The molecular formula is C17H25N3O4S. The van der Waals surface area contributed by atoms with Crippen LogP contribution in [0.5, 0.6) is 0 Å². The molecule has 0 spiro atoms. The second-order valence-electron chi connectivity index (χ2n) is 6.88. The highest BCUT2D eigenvalue weighted by molar-refractivity contribution is 7.91. The minimum Gasteiger partial charge on any atom is -0.372 e. The SMILES string of the molecule is C[C@@H]1CN(c2ccccc2NC(=O)N[C@@H]2CCS(=O)(=O)C2)C[C@@H](C)O1. The van der Waals surface area contributed by atoms with Gasteiger partial charge in [-0.25, -0.2) is 13.2 Å². The average molecular weight is 367 g/mol. The Labute approximate surface area is 148 Å². The van der Waals surface area contributed by atoms with Crippen LogP contribution in [0.3, 0.4) is 0 Å². The van der Waals surface area contributed by atoms with Gasteiger partial charge in [0.15, 0.2) is 9.84 Å². The van der Waals surface area contributed by atoms with Crippen molar-refractivity contribution in [2.45, 2.75) is 38.5 Å². The quantitative estimate of drug-likeness (QED) is 0.847. The second-order valence-corrected chi connectivity index (χ2v) is 9.11. The fourth-order valence-corrected chi connectivity index (χ4v) is 5.16. The molecule has 2 amide bonds. The Bertz CT molecular complexity index is 727. The number of ether oxygens (including phenoxy) is 1. The van der Waals surface area contributed by atoms with Crippen LogP contribution in [0.25, 0.3) is 0 Å². The van der Waals surface area contributed by atoms with Crippen molar-refractivity contribution in [3.05, 3.63) is 24.3 Å². The van der Waals surface area contributed by atoms with E-state index in [1.807, 2.05) is 38.1 Å². The molecule has 0 bridgehead atoms. The fourth-order valence-electron chi connectivity index (χ4n) is 3.48. The summed E-state index contributed by atoms with van der Waals surface area (Å²) < 4.78 is 28.8. The first kappa shape index (κ1) is 18.0. The number of nitrogens with zero attached hydrogens (tertiary/aromatic N) is 1. The van der Waals surface area contributed by atoms with Gasteiger partial charge in [0.2, 0.25) is 0 Å². The topological polar surface area (TPSA) is 87.7 Å².